The number of H-pyrrole nitrogens is 1. The Balaban J connectivity index is 1.52. The number of ether oxygens (including phenoxy) is 2. The van der Waals surface area contributed by atoms with Crippen LogP contribution in [-0.4, -0.2) is 29.4 Å². The molecule has 7 heteroatoms. The lowest BCUT2D eigenvalue weighted by Crippen LogP contribution is -2.30. The normalized spacial score (nSPS) is 13.6. The third kappa shape index (κ3) is 5.07. The fourth-order valence-corrected chi connectivity index (χ4v) is 3.03. The van der Waals surface area contributed by atoms with E-state index in [-0.39, 0.29) is 0 Å². The minimum atomic E-state index is 0.579. The number of aliphatic imine (C=N–C) groups is 1. The molecule has 1 aliphatic rings. The third-order valence-corrected chi connectivity index (χ3v) is 4.68. The first-order valence-electron chi connectivity index (χ1n) is 9.76. The van der Waals surface area contributed by atoms with E-state index in [4.69, 9.17) is 14.5 Å². The second-order valence-electron chi connectivity index (χ2n) is 6.86. The predicted molar refractivity (Wildman–Crippen MR) is 113 cm³/mol. The van der Waals surface area contributed by atoms with Gasteiger partial charge in [-0.2, -0.15) is 5.10 Å². The van der Waals surface area contributed by atoms with Crippen LogP contribution in [-0.2, 0) is 13.1 Å². The highest BCUT2D eigenvalue weighted by molar-refractivity contribution is 5.93. The third-order valence-electron chi connectivity index (χ3n) is 4.68. The summed E-state index contributed by atoms with van der Waals surface area (Å²) in [6.07, 6.45) is 2.62. The number of hydrogen-bond donors (Lipinski definition) is 3. The highest BCUT2D eigenvalue weighted by atomic mass is 16.5. The summed E-state index contributed by atoms with van der Waals surface area (Å²) < 4.78 is 11.5. The van der Waals surface area contributed by atoms with Crippen molar-refractivity contribution in [3.8, 4) is 11.5 Å². The maximum absolute atomic E-state index is 5.80. The largest absolute Gasteiger partial charge is 0.490 e. The van der Waals surface area contributed by atoms with Crippen molar-refractivity contribution in [3.63, 3.8) is 0 Å². The lowest BCUT2D eigenvalue weighted by molar-refractivity contribution is 0.297. The summed E-state index contributed by atoms with van der Waals surface area (Å²) >= 11 is 0. The van der Waals surface area contributed by atoms with Gasteiger partial charge >= 0.3 is 0 Å². The minimum absolute atomic E-state index is 0.579. The molecule has 0 saturated heterocycles. The molecule has 1 aromatic heterocycles. The van der Waals surface area contributed by atoms with Gasteiger partial charge in [0.1, 0.15) is 0 Å². The molecule has 0 spiro atoms. The van der Waals surface area contributed by atoms with E-state index in [2.05, 4.69) is 39.9 Å². The quantitative estimate of drug-likeness (QED) is 0.457. The van der Waals surface area contributed by atoms with E-state index in [1.54, 1.807) is 6.20 Å². The average Bonchev–Trinajstić information content (AvgIpc) is 3.15. The van der Waals surface area contributed by atoms with Crippen LogP contribution in [0.15, 0.2) is 59.7 Å². The van der Waals surface area contributed by atoms with Crippen LogP contribution in [0.5, 0.6) is 11.5 Å². The molecule has 0 unspecified atom stereocenters. The van der Waals surface area contributed by atoms with E-state index < -0.39 is 0 Å². The van der Waals surface area contributed by atoms with Gasteiger partial charge in [0.25, 0.3) is 0 Å². The number of anilines is 1. The van der Waals surface area contributed by atoms with Crippen LogP contribution in [0.2, 0.25) is 0 Å². The van der Waals surface area contributed by atoms with Gasteiger partial charge in [0, 0.05) is 24.4 Å². The minimum Gasteiger partial charge on any atom is -0.490 e. The molecule has 0 radical (unpaired) electrons. The monoisotopic (exact) mass is 391 g/mol. The smallest absolute Gasteiger partial charge is 0.196 e. The number of nitrogens with zero attached hydrogens (tertiary/aromatic N) is 2. The second-order valence-corrected chi connectivity index (χ2v) is 6.86. The topological polar surface area (TPSA) is 83.6 Å². The Morgan fingerprint density at radius 1 is 1.10 bits per heavy atom. The molecule has 0 bridgehead atoms. The first-order chi connectivity index (χ1) is 14.3. The Hall–Kier alpha value is -3.48. The molecule has 2 aromatic carbocycles. The fraction of sp³-hybridized carbons (Fsp3) is 0.273. The number of rotatable bonds is 5. The lowest BCUT2D eigenvalue weighted by Gasteiger charge is -2.14. The van der Waals surface area contributed by atoms with Gasteiger partial charge in [-0.1, -0.05) is 24.3 Å². The first kappa shape index (κ1) is 18.9. The molecule has 1 aliphatic heterocycles. The molecule has 29 heavy (non-hydrogen) atoms. The van der Waals surface area contributed by atoms with Crippen LogP contribution in [0.3, 0.4) is 0 Å². The number of guanidine groups is 1. The highest BCUT2D eigenvalue weighted by Crippen LogP contribution is 2.32. The number of aromatic amines is 1. The molecule has 0 amide bonds. The molecular weight excluding hydrogens is 366 g/mol. The summed E-state index contributed by atoms with van der Waals surface area (Å²) in [5, 5.41) is 13.7. The second kappa shape index (κ2) is 9.14. The van der Waals surface area contributed by atoms with Crippen molar-refractivity contribution in [3.05, 3.63) is 71.5 Å². The lowest BCUT2D eigenvalue weighted by atomic mass is 10.1. The van der Waals surface area contributed by atoms with E-state index in [0.717, 1.165) is 29.3 Å². The Kier molecular flexibility index (Phi) is 5.95. The summed E-state index contributed by atoms with van der Waals surface area (Å²) in [5.74, 6) is 2.20. The van der Waals surface area contributed by atoms with E-state index in [1.165, 1.54) is 11.1 Å². The number of benzene rings is 2. The first-order valence-corrected chi connectivity index (χ1v) is 9.76. The van der Waals surface area contributed by atoms with Gasteiger partial charge in [0.2, 0.25) is 0 Å². The number of aryl methyl sites for hydroxylation is 1. The van der Waals surface area contributed by atoms with Crippen molar-refractivity contribution in [2.24, 2.45) is 4.99 Å². The number of fused-ring (bicyclic) bond motifs is 1. The van der Waals surface area contributed by atoms with Gasteiger partial charge in [-0.3, -0.25) is 5.10 Å². The maximum Gasteiger partial charge on any atom is 0.196 e. The average molecular weight is 391 g/mol. The number of nitrogens with one attached hydrogen (secondary N) is 3. The van der Waals surface area contributed by atoms with Gasteiger partial charge in [-0.25, -0.2) is 4.99 Å². The molecule has 150 valence electrons. The van der Waals surface area contributed by atoms with Crippen LogP contribution < -0.4 is 20.1 Å². The molecule has 0 fully saturated rings. The zero-order chi connectivity index (χ0) is 19.9. The summed E-state index contributed by atoms with van der Waals surface area (Å²) in [6, 6.07) is 16.0. The molecule has 7 nitrogen and oxygen atoms in total. The molecule has 0 aliphatic carbocycles. The van der Waals surface area contributed by atoms with E-state index in [9.17, 15) is 0 Å². The van der Waals surface area contributed by atoms with Crippen molar-refractivity contribution in [2.45, 2.75) is 26.4 Å². The number of hydrogen-bond acceptors (Lipinski definition) is 4. The molecule has 4 rings (SSSR count). The van der Waals surface area contributed by atoms with Crippen LogP contribution in [0.4, 0.5) is 5.69 Å². The van der Waals surface area contributed by atoms with E-state index in [0.29, 0.717) is 32.3 Å². The van der Waals surface area contributed by atoms with Crippen molar-refractivity contribution in [2.75, 3.05) is 18.5 Å². The van der Waals surface area contributed by atoms with Crippen LogP contribution in [0, 0.1) is 6.92 Å². The molecule has 0 saturated carbocycles. The van der Waals surface area contributed by atoms with Crippen molar-refractivity contribution in [1.82, 2.24) is 15.5 Å². The van der Waals surface area contributed by atoms with Crippen molar-refractivity contribution < 1.29 is 9.47 Å². The Morgan fingerprint density at radius 2 is 1.97 bits per heavy atom. The zero-order valence-corrected chi connectivity index (χ0v) is 16.4. The summed E-state index contributed by atoms with van der Waals surface area (Å²) in [7, 11) is 0. The molecule has 3 N–H and O–H groups in total. The predicted octanol–water partition coefficient (Wildman–Crippen LogP) is 3.64. The Labute approximate surface area is 170 Å². The number of aromatic nitrogens is 2. The zero-order valence-electron chi connectivity index (χ0n) is 16.4. The standard InChI is InChI=1S/C22H25N5O2/c1-16-5-2-3-6-17(16)14-23-22(24-15-19-9-10-25-27-19)26-18-7-8-20-21(13-18)29-12-4-11-28-20/h2-3,5-10,13H,4,11-12,14-15H2,1H3,(H,25,27)(H2,23,24,26). The molecule has 2 heterocycles. The van der Waals surface area contributed by atoms with Crippen molar-refractivity contribution in [1.29, 1.82) is 0 Å². The van der Waals surface area contributed by atoms with Gasteiger partial charge in [0.05, 0.1) is 32.0 Å². The Morgan fingerprint density at radius 3 is 2.79 bits per heavy atom. The maximum atomic E-state index is 5.80. The molecular formula is C22H25N5O2. The molecule has 3 aromatic rings. The summed E-state index contributed by atoms with van der Waals surface area (Å²) in [4.78, 5) is 4.77. The van der Waals surface area contributed by atoms with E-state index in [1.807, 2.05) is 36.4 Å². The van der Waals surface area contributed by atoms with Crippen molar-refractivity contribution >= 4 is 11.6 Å². The highest BCUT2D eigenvalue weighted by Gasteiger charge is 2.11. The van der Waals surface area contributed by atoms with E-state index >= 15 is 0 Å². The summed E-state index contributed by atoms with van der Waals surface area (Å²) in [5.41, 5.74) is 4.28. The van der Waals surface area contributed by atoms with Gasteiger partial charge < -0.3 is 20.1 Å². The SMILES string of the molecule is Cc1ccccc1CN=C(NCc1ccn[nH]1)Nc1ccc2c(c1)OCCCO2. The van der Waals surface area contributed by atoms with Gasteiger partial charge in [0.15, 0.2) is 17.5 Å². The van der Waals surface area contributed by atoms with Gasteiger partial charge in [-0.15, -0.1) is 0 Å². The van der Waals surface area contributed by atoms with Crippen LogP contribution >= 0.6 is 0 Å². The van der Waals surface area contributed by atoms with Gasteiger partial charge in [-0.05, 0) is 36.2 Å². The van der Waals surface area contributed by atoms with Crippen LogP contribution in [0.1, 0.15) is 23.2 Å². The Bertz CT molecular complexity index is 969. The molecule has 0 atom stereocenters. The summed E-state index contributed by atoms with van der Waals surface area (Å²) in [6.45, 7) is 4.59. The fourth-order valence-electron chi connectivity index (χ4n) is 3.03. The van der Waals surface area contributed by atoms with Crippen LogP contribution in [0.25, 0.3) is 0 Å².